The van der Waals surface area contributed by atoms with Crippen LogP contribution in [0.2, 0.25) is 0 Å². The summed E-state index contributed by atoms with van der Waals surface area (Å²) in [6.07, 6.45) is 0.919. The molecule has 2 aromatic carbocycles. The minimum atomic E-state index is -1.61. The molecule has 2 aromatic heterocycles. The number of aromatic nitrogens is 4. The van der Waals surface area contributed by atoms with Gasteiger partial charge in [0.05, 0.1) is 23.0 Å². The van der Waals surface area contributed by atoms with E-state index in [0.29, 0.717) is 22.8 Å². The molecule has 0 spiro atoms. The van der Waals surface area contributed by atoms with Crippen LogP contribution in [0.4, 0.5) is 0 Å². The van der Waals surface area contributed by atoms with Crippen molar-refractivity contribution in [1.82, 2.24) is 18.7 Å². The number of carbonyl (C=O) groups is 2. The molecule has 0 bridgehead atoms. The van der Waals surface area contributed by atoms with E-state index in [9.17, 15) is 29.7 Å². The molecule has 4 rings (SSSR count). The number of nitriles is 2. The Kier molecular flexibility index (Phi) is 7.14. The van der Waals surface area contributed by atoms with E-state index in [-0.39, 0.29) is 11.1 Å². The summed E-state index contributed by atoms with van der Waals surface area (Å²) >= 11 is 0. The number of hydrogen-bond donors (Lipinski definition) is 0. The molecular formula is C29H24N6O4. The molecule has 0 saturated carbocycles. The van der Waals surface area contributed by atoms with Gasteiger partial charge in [-0.25, -0.2) is 9.36 Å². The van der Waals surface area contributed by atoms with Gasteiger partial charge >= 0.3 is 0 Å². The van der Waals surface area contributed by atoms with Gasteiger partial charge in [0.1, 0.15) is 23.1 Å². The summed E-state index contributed by atoms with van der Waals surface area (Å²) in [6, 6.07) is 20.9. The Morgan fingerprint density at radius 1 is 0.769 bits per heavy atom. The second-order valence-corrected chi connectivity index (χ2v) is 8.87. The average molecular weight is 521 g/mol. The molecule has 0 fully saturated rings. The molecule has 0 aliphatic heterocycles. The first-order valence-corrected chi connectivity index (χ1v) is 11.9. The number of ketones is 2. The molecule has 0 aliphatic carbocycles. The Bertz CT molecular complexity index is 1840. The fourth-order valence-electron chi connectivity index (χ4n) is 4.47. The molecular weight excluding hydrogens is 496 g/mol. The van der Waals surface area contributed by atoms with Gasteiger partial charge in [-0.05, 0) is 44.2 Å². The highest BCUT2D eigenvalue weighted by atomic mass is 16.2. The normalized spacial score (nSPS) is 12.0. The minimum Gasteiger partial charge on any atom is -0.292 e. The first kappa shape index (κ1) is 26.6. The fourth-order valence-corrected chi connectivity index (χ4v) is 4.47. The van der Waals surface area contributed by atoms with Crippen molar-refractivity contribution in [2.75, 3.05) is 0 Å². The first-order chi connectivity index (χ1) is 18.6. The lowest BCUT2D eigenvalue weighted by Gasteiger charge is -2.07. The molecule has 1 atom stereocenters. The highest BCUT2D eigenvalue weighted by Gasteiger charge is 2.30. The van der Waals surface area contributed by atoms with Crippen molar-refractivity contribution in [2.45, 2.75) is 13.8 Å². The monoisotopic (exact) mass is 520 g/mol. The highest BCUT2D eigenvalue weighted by Crippen LogP contribution is 2.19. The highest BCUT2D eigenvalue weighted by molar-refractivity contribution is 6.12. The van der Waals surface area contributed by atoms with Crippen molar-refractivity contribution >= 4 is 11.6 Å². The van der Waals surface area contributed by atoms with Gasteiger partial charge in [0.2, 0.25) is 5.78 Å². The molecule has 10 heteroatoms. The zero-order chi connectivity index (χ0) is 28.4. The van der Waals surface area contributed by atoms with E-state index in [4.69, 9.17) is 0 Å². The summed E-state index contributed by atoms with van der Waals surface area (Å²) in [4.78, 5) is 53.3. The smallest absolute Gasteiger partial charge is 0.282 e. The summed E-state index contributed by atoms with van der Waals surface area (Å²) < 4.78 is 5.59. The van der Waals surface area contributed by atoms with Crippen LogP contribution < -0.4 is 11.1 Å². The van der Waals surface area contributed by atoms with Gasteiger partial charge in [0, 0.05) is 25.5 Å². The molecule has 1 unspecified atom stereocenters. The number of Topliss-reactive ketones (excluding diaryl/α,β-unsaturated/α-hetero) is 2. The average Bonchev–Trinajstić information content (AvgIpc) is 3.30. The van der Waals surface area contributed by atoms with Crippen LogP contribution in [-0.4, -0.2) is 30.3 Å². The largest absolute Gasteiger partial charge is 0.292 e. The molecule has 0 N–H and O–H groups in total. The standard InChI is InChI=1S/C29H24N6O4/c1-18-24(28(38)34(32(18)3)22-11-7-5-8-12-22)26(36)20(16-30)15-21(17-31)27(37)25-19(2)33(4)35(29(25)39)23-13-9-6-10-14-23/h5-15,20H,1-4H3/b21-15+. The summed E-state index contributed by atoms with van der Waals surface area (Å²) in [5, 5.41) is 19.6. The molecule has 0 aliphatic rings. The van der Waals surface area contributed by atoms with E-state index >= 15 is 0 Å². The van der Waals surface area contributed by atoms with Crippen LogP contribution in [0, 0.1) is 42.4 Å². The maximum absolute atomic E-state index is 13.4. The Morgan fingerprint density at radius 3 is 1.64 bits per heavy atom. The topological polar surface area (TPSA) is 136 Å². The van der Waals surface area contributed by atoms with Gasteiger partial charge in [-0.1, -0.05) is 36.4 Å². The summed E-state index contributed by atoms with van der Waals surface area (Å²) in [6.45, 7) is 3.14. The van der Waals surface area contributed by atoms with Crippen LogP contribution in [0.15, 0.2) is 81.9 Å². The quantitative estimate of drug-likeness (QED) is 0.209. The second-order valence-electron chi connectivity index (χ2n) is 8.87. The molecule has 0 amide bonds. The van der Waals surface area contributed by atoms with E-state index in [1.165, 1.54) is 18.7 Å². The van der Waals surface area contributed by atoms with E-state index < -0.39 is 34.2 Å². The van der Waals surface area contributed by atoms with Crippen molar-refractivity contribution in [1.29, 1.82) is 10.5 Å². The summed E-state index contributed by atoms with van der Waals surface area (Å²) in [5.41, 5.74) is -0.621. The number of carbonyl (C=O) groups excluding carboxylic acids is 2. The SMILES string of the molecule is Cc1c(C(=O)/C(C#N)=C/C(C#N)C(=O)c2c(C)n(C)n(-c3ccccc3)c2=O)c(=O)n(-c2ccccc2)n1C. The van der Waals surface area contributed by atoms with Gasteiger partial charge in [-0.2, -0.15) is 10.5 Å². The summed E-state index contributed by atoms with van der Waals surface area (Å²) in [7, 11) is 3.21. The number of rotatable bonds is 7. The third kappa shape index (κ3) is 4.45. The number of allylic oxidation sites excluding steroid dienone is 2. The maximum Gasteiger partial charge on any atom is 0.282 e. The van der Waals surface area contributed by atoms with Crippen molar-refractivity contribution in [3.8, 4) is 23.5 Å². The Morgan fingerprint density at radius 2 is 1.21 bits per heavy atom. The van der Waals surface area contributed by atoms with Gasteiger partial charge in [0.15, 0.2) is 5.78 Å². The van der Waals surface area contributed by atoms with Crippen LogP contribution in [0.5, 0.6) is 0 Å². The predicted molar refractivity (Wildman–Crippen MR) is 143 cm³/mol. The molecule has 194 valence electrons. The summed E-state index contributed by atoms with van der Waals surface area (Å²) in [5.74, 6) is -3.37. The van der Waals surface area contributed by atoms with Gasteiger partial charge in [0.25, 0.3) is 11.1 Å². The van der Waals surface area contributed by atoms with E-state index in [1.807, 2.05) is 0 Å². The molecule has 2 heterocycles. The van der Waals surface area contributed by atoms with Crippen LogP contribution in [-0.2, 0) is 14.1 Å². The van der Waals surface area contributed by atoms with Crippen LogP contribution in [0.25, 0.3) is 11.4 Å². The van der Waals surface area contributed by atoms with E-state index in [1.54, 1.807) is 101 Å². The Hall–Kier alpha value is -5.48. The second kappa shape index (κ2) is 10.5. The van der Waals surface area contributed by atoms with Crippen LogP contribution >= 0.6 is 0 Å². The zero-order valence-corrected chi connectivity index (χ0v) is 21.7. The molecule has 4 aromatic rings. The number of hydrogen-bond acceptors (Lipinski definition) is 6. The third-order valence-corrected chi connectivity index (χ3v) is 6.70. The van der Waals surface area contributed by atoms with E-state index in [2.05, 4.69) is 0 Å². The number of para-hydroxylation sites is 2. The van der Waals surface area contributed by atoms with Gasteiger partial charge in [-0.3, -0.25) is 28.5 Å². The maximum atomic E-state index is 13.4. The van der Waals surface area contributed by atoms with Gasteiger partial charge in [-0.15, -0.1) is 0 Å². The lowest BCUT2D eigenvalue weighted by atomic mass is 9.94. The molecule has 0 saturated heterocycles. The van der Waals surface area contributed by atoms with Gasteiger partial charge < -0.3 is 0 Å². The number of nitrogens with zero attached hydrogens (tertiary/aromatic N) is 6. The minimum absolute atomic E-state index is 0.226. The van der Waals surface area contributed by atoms with Crippen molar-refractivity contribution in [3.05, 3.63) is 116 Å². The lowest BCUT2D eigenvalue weighted by molar-refractivity contribution is 0.0966. The van der Waals surface area contributed by atoms with Crippen molar-refractivity contribution < 1.29 is 9.59 Å². The molecule has 10 nitrogen and oxygen atoms in total. The Labute approximate surface area is 223 Å². The third-order valence-electron chi connectivity index (χ3n) is 6.70. The van der Waals surface area contributed by atoms with Crippen molar-refractivity contribution in [2.24, 2.45) is 20.0 Å². The first-order valence-electron chi connectivity index (χ1n) is 11.9. The van der Waals surface area contributed by atoms with Crippen LogP contribution in [0.1, 0.15) is 32.1 Å². The predicted octanol–water partition coefficient (Wildman–Crippen LogP) is 2.94. The Balaban J connectivity index is 1.77. The van der Waals surface area contributed by atoms with Crippen molar-refractivity contribution in [3.63, 3.8) is 0 Å². The zero-order valence-electron chi connectivity index (χ0n) is 21.7. The fraction of sp³-hybridized carbons (Fsp3) is 0.172. The van der Waals surface area contributed by atoms with E-state index in [0.717, 1.165) is 6.08 Å². The number of benzene rings is 2. The lowest BCUT2D eigenvalue weighted by Crippen LogP contribution is -2.25. The van der Waals surface area contributed by atoms with Crippen LogP contribution in [0.3, 0.4) is 0 Å². The molecule has 0 radical (unpaired) electrons. The molecule has 39 heavy (non-hydrogen) atoms.